The van der Waals surface area contributed by atoms with Crippen molar-refractivity contribution in [3.05, 3.63) is 70.6 Å². The van der Waals surface area contributed by atoms with Gasteiger partial charge in [-0.3, -0.25) is 14.5 Å². The standard InChI is InChI=1S/C27H34ClN4O2/c1-2-30(19-26(29)33)23-12-9-21-4-3-5-25(24(21)18-23)31-14-16-32(17-15-31)27(34)13-8-20-6-10-22(28)11-7-20/h3-7,10-11,13,23H,2,8-9,12,14-19H2,1H3,(H2,29,33). The molecule has 2 aliphatic rings. The molecule has 2 aromatic rings. The molecule has 0 aromatic heterocycles. The zero-order valence-electron chi connectivity index (χ0n) is 19.9. The normalized spacial score (nSPS) is 18.1. The van der Waals surface area contributed by atoms with Crippen LogP contribution in [0, 0.1) is 6.42 Å². The number of benzene rings is 2. The largest absolute Gasteiger partial charge is 0.369 e. The van der Waals surface area contributed by atoms with Crippen LogP contribution in [0.15, 0.2) is 42.5 Å². The van der Waals surface area contributed by atoms with Crippen molar-refractivity contribution in [3.8, 4) is 0 Å². The molecule has 6 nitrogen and oxygen atoms in total. The van der Waals surface area contributed by atoms with Crippen molar-refractivity contribution in [1.29, 1.82) is 0 Å². The molecule has 1 aliphatic carbocycles. The molecule has 34 heavy (non-hydrogen) atoms. The Kier molecular flexibility index (Phi) is 8.11. The maximum absolute atomic E-state index is 12.7. The second-order valence-electron chi connectivity index (χ2n) is 9.19. The number of fused-ring (bicyclic) bond motifs is 1. The third-order valence-electron chi connectivity index (χ3n) is 7.07. The van der Waals surface area contributed by atoms with Crippen LogP contribution in [0.1, 0.15) is 30.0 Å². The number of hydrogen-bond acceptors (Lipinski definition) is 4. The third kappa shape index (κ3) is 5.91. The van der Waals surface area contributed by atoms with Crippen molar-refractivity contribution < 1.29 is 9.59 Å². The minimum absolute atomic E-state index is 0.0924. The van der Waals surface area contributed by atoms with Crippen molar-refractivity contribution in [2.45, 2.75) is 38.6 Å². The summed E-state index contributed by atoms with van der Waals surface area (Å²) in [6.07, 6.45) is 5.38. The Balaban J connectivity index is 1.36. The van der Waals surface area contributed by atoms with Crippen molar-refractivity contribution in [2.24, 2.45) is 5.73 Å². The number of carbonyl (C=O) groups excluding carboxylic acids is 2. The first-order chi connectivity index (χ1) is 16.4. The third-order valence-corrected chi connectivity index (χ3v) is 7.33. The SMILES string of the molecule is CCN(CC(N)=O)C1CCc2cccc(N3CCN(C(=O)[CH]Cc4ccc(Cl)cc4)CC3)c2C1. The average molecular weight is 482 g/mol. The van der Waals surface area contributed by atoms with Crippen LogP contribution in [0.2, 0.25) is 5.02 Å². The number of halogens is 1. The molecule has 1 fully saturated rings. The van der Waals surface area contributed by atoms with Crippen LogP contribution >= 0.6 is 11.6 Å². The van der Waals surface area contributed by atoms with Crippen LogP contribution < -0.4 is 10.6 Å². The molecule has 7 heteroatoms. The fourth-order valence-corrected chi connectivity index (χ4v) is 5.31. The minimum atomic E-state index is -0.269. The minimum Gasteiger partial charge on any atom is -0.369 e. The van der Waals surface area contributed by atoms with Crippen LogP contribution in [-0.4, -0.2) is 66.9 Å². The van der Waals surface area contributed by atoms with E-state index in [0.29, 0.717) is 37.1 Å². The summed E-state index contributed by atoms with van der Waals surface area (Å²) < 4.78 is 0. The van der Waals surface area contributed by atoms with Gasteiger partial charge in [-0.2, -0.15) is 0 Å². The highest BCUT2D eigenvalue weighted by atomic mass is 35.5. The highest BCUT2D eigenvalue weighted by Gasteiger charge is 2.29. The zero-order valence-corrected chi connectivity index (χ0v) is 20.6. The maximum Gasteiger partial charge on any atom is 0.231 e. The fraction of sp³-hybridized carbons (Fsp3) is 0.444. The van der Waals surface area contributed by atoms with Gasteiger partial charge in [0.1, 0.15) is 0 Å². The number of piperazine rings is 1. The summed E-state index contributed by atoms with van der Waals surface area (Å²) in [4.78, 5) is 30.8. The lowest BCUT2D eigenvalue weighted by Gasteiger charge is -2.40. The number of aryl methyl sites for hydroxylation is 1. The summed E-state index contributed by atoms with van der Waals surface area (Å²) in [6, 6.07) is 14.5. The number of amides is 2. The first kappa shape index (κ1) is 24.6. The molecule has 1 aliphatic heterocycles. The summed E-state index contributed by atoms with van der Waals surface area (Å²) in [7, 11) is 0. The van der Waals surface area contributed by atoms with Crippen molar-refractivity contribution in [1.82, 2.24) is 9.80 Å². The second-order valence-corrected chi connectivity index (χ2v) is 9.62. The summed E-state index contributed by atoms with van der Waals surface area (Å²) in [5, 5.41) is 0.705. The monoisotopic (exact) mass is 481 g/mol. The first-order valence-electron chi connectivity index (χ1n) is 12.2. The van der Waals surface area contributed by atoms with E-state index >= 15 is 0 Å². The van der Waals surface area contributed by atoms with Gasteiger partial charge < -0.3 is 15.5 Å². The van der Waals surface area contributed by atoms with Crippen LogP contribution in [0.5, 0.6) is 0 Å². The van der Waals surface area contributed by atoms with Gasteiger partial charge in [-0.15, -0.1) is 0 Å². The molecule has 1 atom stereocenters. The van der Waals surface area contributed by atoms with Crippen LogP contribution in [0.25, 0.3) is 0 Å². The number of rotatable bonds is 8. The van der Waals surface area contributed by atoms with E-state index in [4.69, 9.17) is 17.3 Å². The molecule has 1 saturated heterocycles. The van der Waals surface area contributed by atoms with Gasteiger partial charge in [-0.25, -0.2) is 0 Å². The quantitative estimate of drug-likeness (QED) is 0.629. The van der Waals surface area contributed by atoms with Gasteiger partial charge in [0.15, 0.2) is 0 Å². The molecule has 2 N–H and O–H groups in total. The predicted molar refractivity (Wildman–Crippen MR) is 137 cm³/mol. The van der Waals surface area contributed by atoms with E-state index < -0.39 is 0 Å². The highest BCUT2D eigenvalue weighted by molar-refractivity contribution is 6.30. The Morgan fingerprint density at radius 2 is 1.85 bits per heavy atom. The Hall–Kier alpha value is -2.57. The summed E-state index contributed by atoms with van der Waals surface area (Å²) in [5.41, 5.74) is 10.6. The zero-order chi connectivity index (χ0) is 24.1. The second kappa shape index (κ2) is 11.2. The van der Waals surface area contributed by atoms with E-state index in [1.165, 1.54) is 16.8 Å². The summed E-state index contributed by atoms with van der Waals surface area (Å²) in [5.74, 6) is -0.176. The molecule has 1 unspecified atom stereocenters. The Morgan fingerprint density at radius 1 is 1.12 bits per heavy atom. The van der Waals surface area contributed by atoms with Gasteiger partial charge in [0.2, 0.25) is 11.8 Å². The van der Waals surface area contributed by atoms with Gasteiger partial charge in [0.05, 0.1) is 13.0 Å². The van der Waals surface area contributed by atoms with E-state index in [1.807, 2.05) is 29.2 Å². The van der Waals surface area contributed by atoms with E-state index in [2.05, 4.69) is 34.9 Å². The van der Waals surface area contributed by atoms with Crippen LogP contribution in [0.4, 0.5) is 5.69 Å². The van der Waals surface area contributed by atoms with Gasteiger partial charge in [0.25, 0.3) is 0 Å². The smallest absolute Gasteiger partial charge is 0.231 e. The van der Waals surface area contributed by atoms with Gasteiger partial charge in [-0.1, -0.05) is 42.8 Å². The number of carbonyl (C=O) groups is 2. The number of primary amides is 1. The van der Waals surface area contributed by atoms with E-state index in [-0.39, 0.29) is 11.8 Å². The Morgan fingerprint density at radius 3 is 2.53 bits per heavy atom. The molecule has 0 saturated carbocycles. The molecule has 181 valence electrons. The Bertz CT molecular complexity index is 1000. The van der Waals surface area contributed by atoms with Gasteiger partial charge >= 0.3 is 0 Å². The van der Waals surface area contributed by atoms with Crippen molar-refractivity contribution in [2.75, 3.05) is 44.2 Å². The maximum atomic E-state index is 12.7. The Labute approximate surface area is 207 Å². The van der Waals surface area contributed by atoms with Crippen LogP contribution in [0.3, 0.4) is 0 Å². The number of nitrogens with two attached hydrogens (primary N) is 1. The predicted octanol–water partition coefficient (Wildman–Crippen LogP) is 3.10. The molecule has 2 amide bonds. The molecule has 4 rings (SSSR count). The highest BCUT2D eigenvalue weighted by Crippen LogP contribution is 2.33. The van der Waals surface area contributed by atoms with Crippen molar-refractivity contribution >= 4 is 29.1 Å². The van der Waals surface area contributed by atoms with E-state index in [9.17, 15) is 9.59 Å². The summed E-state index contributed by atoms with van der Waals surface area (Å²) in [6.45, 7) is 6.29. The number of nitrogens with zero attached hydrogens (tertiary/aromatic N) is 3. The van der Waals surface area contributed by atoms with Crippen molar-refractivity contribution in [3.63, 3.8) is 0 Å². The molecular weight excluding hydrogens is 448 g/mol. The molecule has 2 aromatic carbocycles. The van der Waals surface area contributed by atoms with Gasteiger partial charge in [0, 0.05) is 42.9 Å². The molecule has 1 radical (unpaired) electrons. The molecule has 0 bridgehead atoms. The number of likely N-dealkylation sites (N-methyl/N-ethyl adjacent to an activating group) is 1. The van der Waals surface area contributed by atoms with E-state index in [1.54, 1.807) is 6.42 Å². The van der Waals surface area contributed by atoms with Crippen LogP contribution in [-0.2, 0) is 28.9 Å². The molecular formula is C27H34ClN4O2. The molecule has 1 heterocycles. The lowest BCUT2D eigenvalue weighted by Crippen LogP contribution is -2.49. The topological polar surface area (TPSA) is 69.9 Å². The lowest BCUT2D eigenvalue weighted by atomic mass is 9.86. The fourth-order valence-electron chi connectivity index (χ4n) is 5.18. The summed E-state index contributed by atoms with van der Waals surface area (Å²) >= 11 is 5.94. The lowest BCUT2D eigenvalue weighted by molar-refractivity contribution is -0.128. The van der Waals surface area contributed by atoms with Gasteiger partial charge in [-0.05, 0) is 67.1 Å². The van der Waals surface area contributed by atoms with E-state index in [0.717, 1.165) is 44.5 Å². The first-order valence-corrected chi connectivity index (χ1v) is 12.6. The average Bonchev–Trinajstić information content (AvgIpc) is 2.86. The number of anilines is 1. The molecule has 0 spiro atoms. The number of hydrogen-bond donors (Lipinski definition) is 1.